The molecular weight excluding hydrogens is 402 g/mol. The lowest BCUT2D eigenvalue weighted by Gasteiger charge is -2.02. The van der Waals surface area contributed by atoms with Crippen LogP contribution in [-0.4, -0.2) is 16.0 Å². The molecule has 0 aliphatic carbocycles. The number of nitrogens with one attached hydrogen (secondary N) is 1. The summed E-state index contributed by atoms with van der Waals surface area (Å²) in [4.78, 5) is 27.8. The maximum absolute atomic E-state index is 12.3. The Morgan fingerprint density at radius 2 is 1.97 bits per heavy atom. The van der Waals surface area contributed by atoms with Crippen molar-refractivity contribution in [3.05, 3.63) is 86.5 Å². The Bertz CT molecular complexity index is 1230. The highest BCUT2D eigenvalue weighted by Gasteiger charge is 2.24. The largest absolute Gasteiger partial charge is 0.457 e. The van der Waals surface area contributed by atoms with Crippen molar-refractivity contribution in [2.45, 2.75) is 13.8 Å². The number of amidine groups is 1. The lowest BCUT2D eigenvalue weighted by Crippen LogP contribution is -2.19. The van der Waals surface area contributed by atoms with Gasteiger partial charge in [0.15, 0.2) is 5.17 Å². The van der Waals surface area contributed by atoms with Gasteiger partial charge in [-0.15, -0.1) is 0 Å². The summed E-state index contributed by atoms with van der Waals surface area (Å²) < 4.78 is 5.77. The Morgan fingerprint density at radius 3 is 2.73 bits per heavy atom. The Labute approximate surface area is 176 Å². The van der Waals surface area contributed by atoms with E-state index < -0.39 is 4.92 Å². The summed E-state index contributed by atoms with van der Waals surface area (Å²) in [6, 6.07) is 15.6. The predicted molar refractivity (Wildman–Crippen MR) is 118 cm³/mol. The molecule has 0 atom stereocenters. The third kappa shape index (κ3) is 4.18. The van der Waals surface area contributed by atoms with Gasteiger partial charge in [-0.3, -0.25) is 14.9 Å². The van der Waals surface area contributed by atoms with Crippen LogP contribution in [0, 0.1) is 24.0 Å². The number of nitrogens with zero attached hydrogens (tertiary/aromatic N) is 2. The number of non-ortho nitro benzene ring substituents is 1. The van der Waals surface area contributed by atoms with Crippen LogP contribution in [0.3, 0.4) is 0 Å². The first-order valence-corrected chi connectivity index (χ1v) is 9.92. The highest BCUT2D eigenvalue weighted by molar-refractivity contribution is 8.18. The van der Waals surface area contributed by atoms with Gasteiger partial charge in [0.05, 0.1) is 15.5 Å². The van der Waals surface area contributed by atoms with Gasteiger partial charge in [0, 0.05) is 23.8 Å². The molecule has 4 rings (SSSR count). The van der Waals surface area contributed by atoms with Crippen LogP contribution in [0.15, 0.2) is 68.9 Å². The third-order valence-electron chi connectivity index (χ3n) is 4.47. The van der Waals surface area contributed by atoms with E-state index in [2.05, 4.69) is 10.3 Å². The summed E-state index contributed by atoms with van der Waals surface area (Å²) in [6.07, 6.45) is 1.63. The monoisotopic (exact) mass is 419 g/mol. The summed E-state index contributed by atoms with van der Waals surface area (Å²) >= 11 is 1.23. The molecule has 1 N–H and O–H groups in total. The fourth-order valence-electron chi connectivity index (χ4n) is 3.01. The molecule has 1 amide bonds. The predicted octanol–water partition coefficient (Wildman–Crippen LogP) is 5.36. The van der Waals surface area contributed by atoms with E-state index in [4.69, 9.17) is 4.42 Å². The van der Waals surface area contributed by atoms with Gasteiger partial charge < -0.3 is 9.73 Å². The van der Waals surface area contributed by atoms with Gasteiger partial charge in [0.25, 0.3) is 11.6 Å². The summed E-state index contributed by atoms with van der Waals surface area (Å²) in [5, 5.41) is 14.2. The minimum atomic E-state index is -0.453. The van der Waals surface area contributed by atoms with Crippen molar-refractivity contribution < 1.29 is 14.1 Å². The van der Waals surface area contributed by atoms with Gasteiger partial charge >= 0.3 is 0 Å². The van der Waals surface area contributed by atoms with Crippen molar-refractivity contribution in [2.24, 2.45) is 4.99 Å². The molecule has 0 bridgehead atoms. The van der Waals surface area contributed by atoms with E-state index in [0.717, 1.165) is 16.8 Å². The first kappa shape index (κ1) is 19.7. The van der Waals surface area contributed by atoms with Crippen LogP contribution in [0.2, 0.25) is 0 Å². The first-order valence-electron chi connectivity index (χ1n) is 9.10. The molecule has 0 unspecified atom stereocenters. The zero-order valence-corrected chi connectivity index (χ0v) is 17.0. The summed E-state index contributed by atoms with van der Waals surface area (Å²) in [6.45, 7) is 3.99. The van der Waals surface area contributed by atoms with Crippen LogP contribution in [0.4, 0.5) is 11.4 Å². The molecule has 1 aliphatic rings. The van der Waals surface area contributed by atoms with E-state index >= 15 is 0 Å². The molecule has 0 saturated carbocycles. The van der Waals surface area contributed by atoms with Crippen molar-refractivity contribution in [1.29, 1.82) is 0 Å². The molecule has 2 heterocycles. The summed E-state index contributed by atoms with van der Waals surface area (Å²) in [7, 11) is 0. The zero-order chi connectivity index (χ0) is 21.3. The second-order valence-electron chi connectivity index (χ2n) is 6.78. The van der Waals surface area contributed by atoms with Crippen LogP contribution in [0.25, 0.3) is 17.4 Å². The Kier molecular flexibility index (Phi) is 5.24. The number of aliphatic imine (C=N–C) groups is 1. The SMILES string of the molecule is Cc1ccc(N=C2NC(=O)/C(=C/c3ccc(-c4cccc([N+](=O)[O-])c4)o3)S2)c(C)c1. The number of carbonyl (C=O) groups excluding carboxylic acids is 1. The zero-order valence-electron chi connectivity index (χ0n) is 16.2. The van der Waals surface area contributed by atoms with E-state index in [1.54, 1.807) is 30.3 Å². The average molecular weight is 419 g/mol. The first-order chi connectivity index (χ1) is 14.4. The molecule has 8 heteroatoms. The summed E-state index contributed by atoms with van der Waals surface area (Å²) in [5.41, 5.74) is 3.56. The normalized spacial score (nSPS) is 16.3. The van der Waals surface area contributed by atoms with Gasteiger partial charge in [-0.25, -0.2) is 4.99 Å². The van der Waals surface area contributed by atoms with E-state index in [9.17, 15) is 14.9 Å². The highest BCUT2D eigenvalue weighted by Crippen LogP contribution is 2.31. The highest BCUT2D eigenvalue weighted by atomic mass is 32.2. The van der Waals surface area contributed by atoms with Gasteiger partial charge in [0.1, 0.15) is 11.5 Å². The fourth-order valence-corrected chi connectivity index (χ4v) is 3.82. The van der Waals surface area contributed by atoms with E-state index in [1.165, 1.54) is 23.9 Å². The molecule has 0 spiro atoms. The average Bonchev–Trinajstić information content (AvgIpc) is 3.31. The quantitative estimate of drug-likeness (QED) is 0.349. The molecule has 7 nitrogen and oxygen atoms in total. The number of nitro benzene ring substituents is 1. The van der Waals surface area contributed by atoms with Crippen LogP contribution in [0.1, 0.15) is 16.9 Å². The number of nitro groups is 1. The van der Waals surface area contributed by atoms with Crippen LogP contribution < -0.4 is 5.32 Å². The van der Waals surface area contributed by atoms with E-state index in [-0.39, 0.29) is 11.6 Å². The van der Waals surface area contributed by atoms with Gasteiger partial charge in [-0.05, 0) is 49.4 Å². The molecule has 1 fully saturated rings. The molecule has 3 aromatic rings. The smallest absolute Gasteiger partial charge is 0.270 e. The molecule has 2 aromatic carbocycles. The number of hydrogen-bond donors (Lipinski definition) is 1. The number of rotatable bonds is 4. The van der Waals surface area contributed by atoms with Crippen molar-refractivity contribution in [3.8, 4) is 11.3 Å². The van der Waals surface area contributed by atoms with E-state index in [0.29, 0.717) is 27.2 Å². The second kappa shape index (κ2) is 8.00. The molecular formula is C22H17N3O4S. The van der Waals surface area contributed by atoms with Crippen LogP contribution >= 0.6 is 11.8 Å². The number of hydrogen-bond acceptors (Lipinski definition) is 6. The molecule has 1 aromatic heterocycles. The fraction of sp³-hybridized carbons (Fsp3) is 0.0909. The number of furan rings is 1. The van der Waals surface area contributed by atoms with Crippen molar-refractivity contribution >= 4 is 40.3 Å². The van der Waals surface area contributed by atoms with Crippen molar-refractivity contribution in [2.75, 3.05) is 0 Å². The van der Waals surface area contributed by atoms with Gasteiger partial charge in [-0.1, -0.05) is 29.8 Å². The minimum absolute atomic E-state index is 0.0122. The Hall–Kier alpha value is -3.65. The summed E-state index contributed by atoms with van der Waals surface area (Å²) in [5.74, 6) is 0.705. The van der Waals surface area contributed by atoms with Crippen LogP contribution in [-0.2, 0) is 4.79 Å². The second-order valence-corrected chi connectivity index (χ2v) is 7.81. The molecule has 30 heavy (non-hydrogen) atoms. The molecule has 150 valence electrons. The molecule has 1 aliphatic heterocycles. The lowest BCUT2D eigenvalue weighted by atomic mass is 10.1. The molecule has 1 saturated heterocycles. The minimum Gasteiger partial charge on any atom is -0.457 e. The molecule has 0 radical (unpaired) electrons. The van der Waals surface area contributed by atoms with Crippen molar-refractivity contribution in [3.63, 3.8) is 0 Å². The number of carbonyl (C=O) groups is 1. The topological polar surface area (TPSA) is 97.7 Å². The number of benzene rings is 2. The maximum Gasteiger partial charge on any atom is 0.270 e. The number of aryl methyl sites for hydroxylation is 2. The Balaban J connectivity index is 1.56. The van der Waals surface area contributed by atoms with Crippen molar-refractivity contribution in [1.82, 2.24) is 5.32 Å². The van der Waals surface area contributed by atoms with Gasteiger partial charge in [0.2, 0.25) is 0 Å². The van der Waals surface area contributed by atoms with E-state index in [1.807, 2.05) is 32.0 Å². The Morgan fingerprint density at radius 1 is 1.13 bits per heavy atom. The third-order valence-corrected chi connectivity index (χ3v) is 5.38. The lowest BCUT2D eigenvalue weighted by molar-refractivity contribution is -0.384. The standard InChI is InChI=1S/C22H17N3O4S/c1-13-6-8-18(14(2)10-13)23-22-24-21(26)20(30-22)12-17-7-9-19(29-17)15-4-3-5-16(11-15)25(27)28/h3-12H,1-2H3,(H,23,24,26)/b20-12-. The van der Waals surface area contributed by atoms with Crippen LogP contribution in [0.5, 0.6) is 0 Å². The number of amides is 1. The number of thioether (sulfide) groups is 1. The van der Waals surface area contributed by atoms with Gasteiger partial charge in [-0.2, -0.15) is 0 Å². The maximum atomic E-state index is 12.3.